The fourth-order valence-electron chi connectivity index (χ4n) is 4.16. The number of hydrogen-bond donors (Lipinski definition) is 1. The lowest BCUT2D eigenvalue weighted by atomic mass is 9.73. The Labute approximate surface area is 106 Å². The molecule has 0 heterocycles. The Hall–Kier alpha value is -0.0400. The van der Waals surface area contributed by atoms with E-state index in [-0.39, 0.29) is 6.10 Å². The predicted octanol–water partition coefficient (Wildman–Crippen LogP) is 4.00. The minimum absolute atomic E-state index is 0.0489. The zero-order chi connectivity index (χ0) is 11.8. The van der Waals surface area contributed by atoms with E-state index in [0.717, 1.165) is 17.8 Å². The van der Waals surface area contributed by atoms with Crippen molar-refractivity contribution in [3.05, 3.63) is 0 Å². The number of hydrogen-bond acceptors (Lipinski definition) is 1. The van der Waals surface area contributed by atoms with Crippen molar-refractivity contribution in [1.29, 1.82) is 0 Å². The summed E-state index contributed by atoms with van der Waals surface area (Å²) in [7, 11) is 0. The summed E-state index contributed by atoms with van der Waals surface area (Å²) in [5, 5.41) is 10.7. The van der Waals surface area contributed by atoms with Crippen LogP contribution >= 0.6 is 0 Å². The molecule has 3 aliphatic carbocycles. The van der Waals surface area contributed by atoms with Gasteiger partial charge < -0.3 is 5.11 Å². The molecule has 3 fully saturated rings. The molecule has 1 unspecified atom stereocenters. The van der Waals surface area contributed by atoms with Gasteiger partial charge in [-0.3, -0.25) is 0 Å². The molecular weight excluding hydrogens is 208 g/mol. The Bertz CT molecular complexity index is 234. The Balaban J connectivity index is 1.55. The van der Waals surface area contributed by atoms with Crippen LogP contribution in [-0.4, -0.2) is 11.2 Å². The first kappa shape index (κ1) is 12.0. The van der Waals surface area contributed by atoms with Crippen molar-refractivity contribution in [2.45, 2.75) is 70.8 Å². The molecule has 17 heavy (non-hydrogen) atoms. The van der Waals surface area contributed by atoms with Gasteiger partial charge in [0.05, 0.1) is 6.10 Å². The summed E-state index contributed by atoms with van der Waals surface area (Å²) in [4.78, 5) is 0. The van der Waals surface area contributed by atoms with Crippen LogP contribution in [0.3, 0.4) is 0 Å². The van der Waals surface area contributed by atoms with Gasteiger partial charge in [-0.05, 0) is 68.1 Å². The van der Waals surface area contributed by atoms with Gasteiger partial charge in [-0.15, -0.1) is 0 Å². The van der Waals surface area contributed by atoms with Crippen LogP contribution in [0.15, 0.2) is 0 Å². The van der Waals surface area contributed by atoms with Crippen LogP contribution in [0.2, 0.25) is 0 Å². The third-order valence-corrected chi connectivity index (χ3v) is 5.68. The quantitative estimate of drug-likeness (QED) is 0.765. The van der Waals surface area contributed by atoms with Crippen molar-refractivity contribution < 1.29 is 5.11 Å². The normalized spacial score (nSPS) is 36.2. The molecule has 0 bridgehead atoms. The standard InChI is InChI=1S/C16H28O/c1-2-11-3-5-14(6-4-11)16(17)15(12-7-8-12)13-9-10-13/h11-17H,2-10H2,1H3. The fraction of sp³-hybridized carbons (Fsp3) is 1.00. The lowest BCUT2D eigenvalue weighted by Gasteiger charge is -2.35. The van der Waals surface area contributed by atoms with Gasteiger partial charge in [0.15, 0.2) is 0 Å². The van der Waals surface area contributed by atoms with Gasteiger partial charge >= 0.3 is 0 Å². The van der Waals surface area contributed by atoms with Gasteiger partial charge in [0, 0.05) is 0 Å². The maximum atomic E-state index is 10.7. The second-order valence-corrected chi connectivity index (χ2v) is 6.93. The van der Waals surface area contributed by atoms with Crippen LogP contribution in [0, 0.1) is 29.6 Å². The summed E-state index contributed by atoms with van der Waals surface area (Å²) in [6.45, 7) is 2.32. The molecule has 0 saturated heterocycles. The molecule has 3 aliphatic rings. The van der Waals surface area contributed by atoms with Gasteiger partial charge in [0.1, 0.15) is 0 Å². The van der Waals surface area contributed by atoms with E-state index in [9.17, 15) is 5.11 Å². The molecule has 1 atom stereocenters. The van der Waals surface area contributed by atoms with Crippen molar-refractivity contribution in [2.75, 3.05) is 0 Å². The van der Waals surface area contributed by atoms with E-state index in [1.807, 2.05) is 0 Å². The summed E-state index contributed by atoms with van der Waals surface area (Å²) >= 11 is 0. The van der Waals surface area contributed by atoms with Gasteiger partial charge in [-0.1, -0.05) is 26.2 Å². The second-order valence-electron chi connectivity index (χ2n) is 6.93. The minimum atomic E-state index is 0.0489. The molecule has 0 radical (unpaired) electrons. The van der Waals surface area contributed by atoms with Crippen LogP contribution in [0.5, 0.6) is 0 Å². The lowest BCUT2D eigenvalue weighted by Crippen LogP contribution is -2.34. The zero-order valence-corrected chi connectivity index (χ0v) is 11.3. The molecule has 0 spiro atoms. The van der Waals surface area contributed by atoms with E-state index in [2.05, 4.69) is 6.92 Å². The number of rotatable bonds is 5. The van der Waals surface area contributed by atoms with E-state index in [4.69, 9.17) is 0 Å². The summed E-state index contributed by atoms with van der Waals surface area (Å²) in [5.74, 6) is 4.10. The van der Waals surface area contributed by atoms with E-state index >= 15 is 0 Å². The van der Waals surface area contributed by atoms with Crippen molar-refractivity contribution in [2.24, 2.45) is 29.6 Å². The van der Waals surface area contributed by atoms with Crippen molar-refractivity contribution in [3.8, 4) is 0 Å². The van der Waals surface area contributed by atoms with Crippen LogP contribution in [-0.2, 0) is 0 Å². The lowest BCUT2D eigenvalue weighted by molar-refractivity contribution is 0.00867. The molecule has 3 saturated carbocycles. The highest BCUT2D eigenvalue weighted by Crippen LogP contribution is 2.53. The maximum Gasteiger partial charge on any atom is 0.0601 e. The second kappa shape index (κ2) is 4.91. The highest BCUT2D eigenvalue weighted by atomic mass is 16.3. The van der Waals surface area contributed by atoms with Crippen LogP contribution in [0.25, 0.3) is 0 Å². The Kier molecular flexibility index (Phi) is 3.47. The molecule has 98 valence electrons. The van der Waals surface area contributed by atoms with Crippen LogP contribution < -0.4 is 0 Å². The molecule has 1 heteroatoms. The SMILES string of the molecule is CCC1CCC(C(O)C(C2CC2)C2CC2)CC1. The Morgan fingerprint density at radius 3 is 1.71 bits per heavy atom. The van der Waals surface area contributed by atoms with Gasteiger partial charge in [-0.25, -0.2) is 0 Å². The third-order valence-electron chi connectivity index (χ3n) is 5.68. The number of aliphatic hydroxyl groups excluding tert-OH is 1. The van der Waals surface area contributed by atoms with Crippen molar-refractivity contribution in [3.63, 3.8) is 0 Å². The topological polar surface area (TPSA) is 20.2 Å². The van der Waals surface area contributed by atoms with Gasteiger partial charge in [-0.2, -0.15) is 0 Å². The highest BCUT2D eigenvalue weighted by molar-refractivity contribution is 4.97. The molecule has 0 aromatic carbocycles. The minimum Gasteiger partial charge on any atom is -0.393 e. The summed E-state index contributed by atoms with van der Waals surface area (Å²) < 4.78 is 0. The molecule has 0 aromatic rings. The smallest absolute Gasteiger partial charge is 0.0601 e. The average molecular weight is 236 g/mol. The average Bonchev–Trinajstić information content (AvgIpc) is 3.23. The predicted molar refractivity (Wildman–Crippen MR) is 70.7 cm³/mol. The molecule has 0 aliphatic heterocycles. The van der Waals surface area contributed by atoms with Gasteiger partial charge in [0.25, 0.3) is 0 Å². The largest absolute Gasteiger partial charge is 0.393 e. The fourth-order valence-corrected chi connectivity index (χ4v) is 4.16. The van der Waals surface area contributed by atoms with E-state index in [1.54, 1.807) is 0 Å². The summed E-state index contributed by atoms with van der Waals surface area (Å²) in [6.07, 6.45) is 12.4. The number of aliphatic hydroxyl groups is 1. The van der Waals surface area contributed by atoms with E-state index in [0.29, 0.717) is 11.8 Å². The first-order valence-corrected chi connectivity index (χ1v) is 7.97. The monoisotopic (exact) mass is 236 g/mol. The molecule has 0 amide bonds. The van der Waals surface area contributed by atoms with Crippen molar-refractivity contribution in [1.82, 2.24) is 0 Å². The maximum absolute atomic E-state index is 10.7. The van der Waals surface area contributed by atoms with E-state index in [1.165, 1.54) is 57.8 Å². The Morgan fingerprint density at radius 1 is 0.824 bits per heavy atom. The van der Waals surface area contributed by atoms with Gasteiger partial charge in [0.2, 0.25) is 0 Å². The first-order valence-electron chi connectivity index (χ1n) is 7.97. The first-order chi connectivity index (χ1) is 8.29. The van der Waals surface area contributed by atoms with Crippen LogP contribution in [0.4, 0.5) is 0 Å². The molecular formula is C16H28O. The van der Waals surface area contributed by atoms with Crippen LogP contribution in [0.1, 0.15) is 64.7 Å². The summed E-state index contributed by atoms with van der Waals surface area (Å²) in [5.41, 5.74) is 0. The van der Waals surface area contributed by atoms with E-state index < -0.39 is 0 Å². The third kappa shape index (κ3) is 2.70. The zero-order valence-electron chi connectivity index (χ0n) is 11.3. The molecule has 3 rings (SSSR count). The Morgan fingerprint density at radius 2 is 1.29 bits per heavy atom. The summed E-state index contributed by atoms with van der Waals surface area (Å²) in [6, 6.07) is 0. The molecule has 1 N–H and O–H groups in total. The highest BCUT2D eigenvalue weighted by Gasteiger charge is 2.47. The molecule has 1 nitrogen and oxygen atoms in total. The van der Waals surface area contributed by atoms with Crippen molar-refractivity contribution >= 4 is 0 Å². The molecule has 0 aromatic heterocycles.